The summed E-state index contributed by atoms with van der Waals surface area (Å²) >= 11 is 8.20. The molecule has 2 aliphatic rings. The zero-order valence-corrected chi connectivity index (χ0v) is 20.8. The molecular weight excluding hydrogens is 498 g/mol. The minimum atomic E-state index is -0.731. The van der Waals surface area contributed by atoms with Crippen LogP contribution in [0.25, 0.3) is 22.0 Å². The number of thioether (sulfide) groups is 1. The Balaban J connectivity index is 1.75. The van der Waals surface area contributed by atoms with E-state index in [4.69, 9.17) is 16.3 Å². The third-order valence-electron chi connectivity index (χ3n) is 6.47. The Kier molecular flexibility index (Phi) is 6.45. The predicted octanol–water partition coefficient (Wildman–Crippen LogP) is 3.96. The number of anilines is 1. The first-order valence-corrected chi connectivity index (χ1v) is 12.5. The summed E-state index contributed by atoms with van der Waals surface area (Å²) in [5, 5.41) is 0.951. The monoisotopic (exact) mass is 520 g/mol. The molecule has 1 unspecified atom stereocenters. The standard InChI is InChI=1S/C24H23ClF2N4O3S/c1-13(32)29-5-7-30(8-6-29)23-17-10-18(25)20(16-4-3-14(26)9-19(16)27)22-21(17)31(24(33)28-23)15(11-34-2)12-35-22/h3-4,9-10,15H,5-8,11-12H2,1-2H3. The van der Waals surface area contributed by atoms with Gasteiger partial charge in [-0.05, 0) is 18.2 Å². The van der Waals surface area contributed by atoms with E-state index in [0.717, 1.165) is 6.07 Å². The Hall–Kier alpha value is -2.69. The number of piperazine rings is 1. The van der Waals surface area contributed by atoms with E-state index in [2.05, 4.69) is 4.98 Å². The number of benzene rings is 2. The van der Waals surface area contributed by atoms with Gasteiger partial charge >= 0.3 is 5.69 Å². The summed E-state index contributed by atoms with van der Waals surface area (Å²) in [6, 6.07) is 4.80. The fraction of sp³-hybridized carbons (Fsp3) is 0.375. The van der Waals surface area contributed by atoms with Crippen molar-refractivity contribution in [1.29, 1.82) is 0 Å². The van der Waals surface area contributed by atoms with Crippen LogP contribution in [0, 0.1) is 11.6 Å². The number of hydrogen-bond donors (Lipinski definition) is 0. The van der Waals surface area contributed by atoms with Crippen LogP contribution in [0.4, 0.5) is 14.6 Å². The van der Waals surface area contributed by atoms with Gasteiger partial charge in [-0.15, -0.1) is 11.8 Å². The average molecular weight is 521 g/mol. The van der Waals surface area contributed by atoms with E-state index in [1.807, 2.05) is 4.90 Å². The van der Waals surface area contributed by atoms with E-state index in [1.165, 1.54) is 30.8 Å². The smallest absolute Gasteiger partial charge is 0.350 e. The molecule has 0 bridgehead atoms. The van der Waals surface area contributed by atoms with Crippen LogP contribution in [0.3, 0.4) is 0 Å². The minimum Gasteiger partial charge on any atom is -0.383 e. The molecule has 3 aromatic rings. The number of hydrogen-bond acceptors (Lipinski definition) is 6. The summed E-state index contributed by atoms with van der Waals surface area (Å²) in [4.78, 5) is 33.9. The second kappa shape index (κ2) is 9.40. The molecule has 5 rings (SSSR count). The van der Waals surface area contributed by atoms with E-state index < -0.39 is 17.3 Å². The van der Waals surface area contributed by atoms with Crippen LogP contribution in [-0.4, -0.2) is 66.0 Å². The molecule has 0 N–H and O–H groups in total. The number of rotatable bonds is 4. The maximum atomic E-state index is 14.9. The highest BCUT2D eigenvalue weighted by Gasteiger charge is 2.32. The van der Waals surface area contributed by atoms with E-state index in [0.29, 0.717) is 65.7 Å². The Morgan fingerprint density at radius 3 is 2.63 bits per heavy atom. The molecular formula is C24H23ClF2N4O3S. The number of nitrogens with zero attached hydrogens (tertiary/aromatic N) is 4. The van der Waals surface area contributed by atoms with Crippen molar-refractivity contribution in [2.24, 2.45) is 0 Å². The lowest BCUT2D eigenvalue weighted by Crippen LogP contribution is -2.49. The predicted molar refractivity (Wildman–Crippen MR) is 132 cm³/mol. The molecule has 2 aromatic carbocycles. The Labute approximate surface area is 209 Å². The van der Waals surface area contributed by atoms with Crippen LogP contribution >= 0.6 is 23.4 Å². The minimum absolute atomic E-state index is 0.00222. The maximum Gasteiger partial charge on any atom is 0.350 e. The number of aromatic nitrogens is 2. The highest BCUT2D eigenvalue weighted by molar-refractivity contribution is 7.99. The second-order valence-corrected chi connectivity index (χ2v) is 10.0. The third kappa shape index (κ3) is 4.17. The molecule has 35 heavy (non-hydrogen) atoms. The van der Waals surface area contributed by atoms with Crippen LogP contribution < -0.4 is 10.6 Å². The van der Waals surface area contributed by atoms with Gasteiger partial charge in [-0.2, -0.15) is 4.98 Å². The van der Waals surface area contributed by atoms with Crippen molar-refractivity contribution in [3.8, 4) is 11.1 Å². The topological polar surface area (TPSA) is 67.7 Å². The number of amides is 1. The van der Waals surface area contributed by atoms with Gasteiger partial charge in [0.2, 0.25) is 5.91 Å². The lowest BCUT2D eigenvalue weighted by molar-refractivity contribution is -0.129. The normalized spacial score (nSPS) is 17.8. The average Bonchev–Trinajstić information content (AvgIpc) is 2.83. The molecule has 11 heteroatoms. The maximum absolute atomic E-state index is 14.9. The van der Waals surface area contributed by atoms with Gasteiger partial charge in [0, 0.05) is 73.4 Å². The SMILES string of the molecule is COCC1CSc2c(-c3ccc(F)cc3F)c(Cl)cc3c(N4CCN(C(C)=O)CC4)nc(=O)n1c23. The summed E-state index contributed by atoms with van der Waals surface area (Å²) in [6.45, 7) is 3.90. The van der Waals surface area contributed by atoms with Crippen molar-refractivity contribution in [2.45, 2.75) is 17.9 Å². The number of ether oxygens (including phenoxy) is 1. The molecule has 184 valence electrons. The zero-order chi connectivity index (χ0) is 24.9. The molecule has 1 fully saturated rings. The largest absolute Gasteiger partial charge is 0.383 e. The van der Waals surface area contributed by atoms with Gasteiger partial charge in [0.15, 0.2) is 0 Å². The highest BCUT2D eigenvalue weighted by atomic mass is 35.5. The second-order valence-electron chi connectivity index (χ2n) is 8.58. The van der Waals surface area contributed by atoms with E-state index in [1.54, 1.807) is 22.6 Å². The summed E-state index contributed by atoms with van der Waals surface area (Å²) < 4.78 is 35.4. The van der Waals surface area contributed by atoms with Gasteiger partial charge in [-0.25, -0.2) is 13.6 Å². The molecule has 1 atom stereocenters. The van der Waals surface area contributed by atoms with Crippen LogP contribution in [0.15, 0.2) is 34.0 Å². The third-order valence-corrected chi connectivity index (χ3v) is 8.00. The van der Waals surface area contributed by atoms with Crippen molar-refractivity contribution in [2.75, 3.05) is 50.5 Å². The lowest BCUT2D eigenvalue weighted by atomic mass is 10.0. The zero-order valence-electron chi connectivity index (χ0n) is 19.2. The van der Waals surface area contributed by atoms with Crippen molar-refractivity contribution < 1.29 is 18.3 Å². The van der Waals surface area contributed by atoms with Crippen LogP contribution in [-0.2, 0) is 9.53 Å². The van der Waals surface area contributed by atoms with Crippen molar-refractivity contribution in [3.63, 3.8) is 0 Å². The molecule has 0 radical (unpaired) electrons. The van der Waals surface area contributed by atoms with Gasteiger partial charge < -0.3 is 14.5 Å². The summed E-state index contributed by atoms with van der Waals surface area (Å²) in [5.41, 5.74) is 0.760. The number of methoxy groups -OCH3 is 1. The Morgan fingerprint density at radius 1 is 1.23 bits per heavy atom. The fourth-order valence-corrected chi connectivity index (χ4v) is 6.47. The van der Waals surface area contributed by atoms with Gasteiger partial charge in [0.25, 0.3) is 0 Å². The summed E-state index contributed by atoms with van der Waals surface area (Å²) in [6.07, 6.45) is 0. The summed E-state index contributed by atoms with van der Waals surface area (Å²) in [5.74, 6) is -0.423. The molecule has 1 amide bonds. The summed E-state index contributed by atoms with van der Waals surface area (Å²) in [7, 11) is 1.57. The Morgan fingerprint density at radius 2 is 1.97 bits per heavy atom. The lowest BCUT2D eigenvalue weighted by Gasteiger charge is -2.36. The Bertz CT molecular complexity index is 1390. The van der Waals surface area contributed by atoms with Gasteiger partial charge in [-0.3, -0.25) is 9.36 Å². The quantitative estimate of drug-likeness (QED) is 0.519. The molecule has 0 saturated carbocycles. The van der Waals surface area contributed by atoms with Crippen molar-refractivity contribution >= 4 is 46.0 Å². The molecule has 0 aliphatic carbocycles. The van der Waals surface area contributed by atoms with Crippen molar-refractivity contribution in [3.05, 3.63) is 51.4 Å². The van der Waals surface area contributed by atoms with Gasteiger partial charge in [-0.1, -0.05) is 11.6 Å². The first-order chi connectivity index (χ1) is 16.8. The molecule has 0 spiro atoms. The number of carbonyl (C=O) groups is 1. The van der Waals surface area contributed by atoms with E-state index in [-0.39, 0.29) is 22.5 Å². The fourth-order valence-electron chi connectivity index (χ4n) is 4.79. The number of halogens is 3. The molecule has 2 aliphatic heterocycles. The molecule has 3 heterocycles. The van der Waals surface area contributed by atoms with Crippen molar-refractivity contribution in [1.82, 2.24) is 14.5 Å². The van der Waals surface area contributed by atoms with Crippen LogP contribution in [0.5, 0.6) is 0 Å². The highest BCUT2D eigenvalue weighted by Crippen LogP contribution is 2.48. The first-order valence-electron chi connectivity index (χ1n) is 11.2. The van der Waals surface area contributed by atoms with E-state index >= 15 is 0 Å². The van der Waals surface area contributed by atoms with E-state index in [9.17, 15) is 18.4 Å². The molecule has 7 nitrogen and oxygen atoms in total. The van der Waals surface area contributed by atoms with Crippen LogP contribution in [0.2, 0.25) is 5.02 Å². The molecule has 1 saturated heterocycles. The molecule has 1 aromatic heterocycles. The number of carbonyl (C=O) groups excluding carboxylic acids is 1. The van der Waals surface area contributed by atoms with Gasteiger partial charge in [0.1, 0.15) is 17.5 Å². The van der Waals surface area contributed by atoms with Crippen LogP contribution in [0.1, 0.15) is 13.0 Å². The van der Waals surface area contributed by atoms with Gasteiger partial charge in [0.05, 0.1) is 23.2 Å². The first kappa shape index (κ1) is 24.0.